The maximum Gasteiger partial charge on any atom is 0.132 e. The second-order valence-corrected chi connectivity index (χ2v) is 3.57. The van der Waals surface area contributed by atoms with Crippen molar-refractivity contribution in [2.24, 2.45) is 0 Å². The zero-order valence-corrected chi connectivity index (χ0v) is 7.74. The van der Waals surface area contributed by atoms with Crippen molar-refractivity contribution in [2.45, 2.75) is 19.4 Å². The standard InChI is InChI=1S/C11H12O2/c1-8-3-4-10-9(7-8)11(2,12)5-6-13-10/h3-7,12H,1-2H3. The van der Waals surface area contributed by atoms with E-state index >= 15 is 0 Å². The number of fused-ring (bicyclic) bond motifs is 1. The zero-order chi connectivity index (χ0) is 9.47. The number of hydrogen-bond acceptors (Lipinski definition) is 2. The van der Waals surface area contributed by atoms with Crippen molar-refractivity contribution in [3.63, 3.8) is 0 Å². The van der Waals surface area contributed by atoms with Gasteiger partial charge in [-0.2, -0.15) is 0 Å². The summed E-state index contributed by atoms with van der Waals surface area (Å²) in [5.74, 6) is 0.734. The van der Waals surface area contributed by atoms with Gasteiger partial charge in [0, 0.05) is 5.56 Å². The van der Waals surface area contributed by atoms with Crippen LogP contribution in [0.5, 0.6) is 5.75 Å². The Bertz CT molecular complexity index is 364. The van der Waals surface area contributed by atoms with Gasteiger partial charge in [-0.3, -0.25) is 0 Å². The van der Waals surface area contributed by atoms with E-state index in [-0.39, 0.29) is 0 Å². The van der Waals surface area contributed by atoms with Crippen molar-refractivity contribution < 1.29 is 9.84 Å². The maximum absolute atomic E-state index is 9.98. The van der Waals surface area contributed by atoms with Crippen molar-refractivity contribution >= 4 is 0 Å². The van der Waals surface area contributed by atoms with E-state index in [1.54, 1.807) is 13.0 Å². The lowest BCUT2D eigenvalue weighted by Gasteiger charge is -2.26. The first-order valence-corrected chi connectivity index (χ1v) is 4.27. The summed E-state index contributed by atoms with van der Waals surface area (Å²) < 4.78 is 5.27. The van der Waals surface area contributed by atoms with E-state index in [9.17, 15) is 5.11 Å². The Morgan fingerprint density at radius 2 is 2.15 bits per heavy atom. The third-order valence-corrected chi connectivity index (χ3v) is 2.27. The Morgan fingerprint density at radius 1 is 1.38 bits per heavy atom. The van der Waals surface area contributed by atoms with Crippen molar-refractivity contribution in [3.05, 3.63) is 41.7 Å². The molecule has 1 aliphatic heterocycles. The Balaban J connectivity index is 2.60. The van der Waals surface area contributed by atoms with Gasteiger partial charge >= 0.3 is 0 Å². The fourth-order valence-corrected chi connectivity index (χ4v) is 1.47. The van der Waals surface area contributed by atoms with Crippen LogP contribution in [-0.2, 0) is 5.60 Å². The molecule has 0 fully saturated rings. The van der Waals surface area contributed by atoms with E-state index in [1.165, 1.54) is 6.26 Å². The molecule has 0 spiro atoms. The highest BCUT2D eigenvalue weighted by Crippen LogP contribution is 2.34. The van der Waals surface area contributed by atoms with Crippen molar-refractivity contribution in [3.8, 4) is 5.75 Å². The first kappa shape index (κ1) is 8.32. The second kappa shape index (κ2) is 2.60. The summed E-state index contributed by atoms with van der Waals surface area (Å²) in [4.78, 5) is 0. The molecule has 0 aromatic heterocycles. The summed E-state index contributed by atoms with van der Waals surface area (Å²) in [6, 6.07) is 5.79. The molecule has 1 aliphatic rings. The zero-order valence-electron chi connectivity index (χ0n) is 7.74. The molecule has 1 aromatic rings. The van der Waals surface area contributed by atoms with Gasteiger partial charge in [0.1, 0.15) is 11.4 Å². The molecule has 1 N–H and O–H groups in total. The molecule has 0 amide bonds. The molecule has 2 nitrogen and oxygen atoms in total. The molecule has 1 heterocycles. The monoisotopic (exact) mass is 176 g/mol. The van der Waals surface area contributed by atoms with Gasteiger partial charge in [0.2, 0.25) is 0 Å². The number of ether oxygens (including phenoxy) is 1. The van der Waals surface area contributed by atoms with E-state index in [0.29, 0.717) is 0 Å². The smallest absolute Gasteiger partial charge is 0.132 e. The normalized spacial score (nSPS) is 25.2. The van der Waals surface area contributed by atoms with Gasteiger partial charge < -0.3 is 9.84 Å². The largest absolute Gasteiger partial charge is 0.465 e. The number of hydrogen-bond donors (Lipinski definition) is 1. The van der Waals surface area contributed by atoms with Gasteiger partial charge in [-0.1, -0.05) is 11.6 Å². The maximum atomic E-state index is 9.98. The number of rotatable bonds is 0. The first-order chi connectivity index (χ1) is 6.09. The molecule has 0 aliphatic carbocycles. The lowest BCUT2D eigenvalue weighted by atomic mass is 9.92. The Kier molecular flexibility index (Phi) is 1.67. The molecule has 68 valence electrons. The van der Waals surface area contributed by atoms with Crippen LogP contribution in [0.4, 0.5) is 0 Å². The fraction of sp³-hybridized carbons (Fsp3) is 0.273. The molecular formula is C11H12O2. The van der Waals surface area contributed by atoms with Crippen LogP contribution < -0.4 is 4.74 Å². The number of aliphatic hydroxyl groups is 1. The van der Waals surface area contributed by atoms with Gasteiger partial charge in [-0.05, 0) is 32.1 Å². The molecule has 1 unspecified atom stereocenters. The fourth-order valence-electron chi connectivity index (χ4n) is 1.47. The van der Waals surface area contributed by atoms with E-state index in [0.717, 1.165) is 16.9 Å². The molecule has 0 saturated carbocycles. The summed E-state index contributed by atoms with van der Waals surface area (Å²) in [7, 11) is 0. The molecule has 2 heteroatoms. The quantitative estimate of drug-likeness (QED) is 0.656. The van der Waals surface area contributed by atoms with Gasteiger partial charge in [0.15, 0.2) is 0 Å². The van der Waals surface area contributed by atoms with Gasteiger partial charge in [-0.25, -0.2) is 0 Å². The van der Waals surface area contributed by atoms with Crippen LogP contribution in [0.3, 0.4) is 0 Å². The average Bonchev–Trinajstić information content (AvgIpc) is 2.06. The molecule has 1 atom stereocenters. The average molecular weight is 176 g/mol. The van der Waals surface area contributed by atoms with Crippen LogP contribution in [0.15, 0.2) is 30.5 Å². The summed E-state index contributed by atoms with van der Waals surface area (Å²) in [5.41, 5.74) is 1.05. The summed E-state index contributed by atoms with van der Waals surface area (Å²) in [5, 5.41) is 9.98. The summed E-state index contributed by atoms with van der Waals surface area (Å²) in [6.07, 6.45) is 3.17. The van der Waals surface area contributed by atoms with Crippen molar-refractivity contribution in [1.29, 1.82) is 0 Å². The highest BCUT2D eigenvalue weighted by molar-refractivity contribution is 5.44. The SMILES string of the molecule is Cc1ccc2c(c1)C(C)(O)C=CO2. The van der Waals surface area contributed by atoms with Crippen LogP contribution >= 0.6 is 0 Å². The predicted octanol–water partition coefficient (Wildman–Crippen LogP) is 2.11. The highest BCUT2D eigenvalue weighted by atomic mass is 16.5. The molecule has 1 aromatic carbocycles. The molecule has 0 bridgehead atoms. The minimum absolute atomic E-state index is 0.734. The predicted molar refractivity (Wildman–Crippen MR) is 50.5 cm³/mol. The van der Waals surface area contributed by atoms with Crippen LogP contribution in [0.1, 0.15) is 18.1 Å². The van der Waals surface area contributed by atoms with Gasteiger partial charge in [-0.15, -0.1) is 0 Å². The third kappa shape index (κ3) is 1.33. The Labute approximate surface area is 77.5 Å². The van der Waals surface area contributed by atoms with E-state index < -0.39 is 5.60 Å². The second-order valence-electron chi connectivity index (χ2n) is 3.57. The number of benzene rings is 1. The van der Waals surface area contributed by atoms with Crippen molar-refractivity contribution in [1.82, 2.24) is 0 Å². The summed E-state index contributed by atoms with van der Waals surface area (Å²) in [6.45, 7) is 3.75. The van der Waals surface area contributed by atoms with E-state index in [2.05, 4.69) is 0 Å². The highest BCUT2D eigenvalue weighted by Gasteiger charge is 2.26. The Morgan fingerprint density at radius 3 is 2.92 bits per heavy atom. The van der Waals surface area contributed by atoms with Crippen LogP contribution in [0.2, 0.25) is 0 Å². The van der Waals surface area contributed by atoms with Crippen molar-refractivity contribution in [2.75, 3.05) is 0 Å². The van der Waals surface area contributed by atoms with Gasteiger partial charge in [0.25, 0.3) is 0 Å². The molecule has 0 saturated heterocycles. The van der Waals surface area contributed by atoms with E-state index in [4.69, 9.17) is 4.74 Å². The minimum atomic E-state index is -0.903. The third-order valence-electron chi connectivity index (χ3n) is 2.27. The lowest BCUT2D eigenvalue weighted by Crippen LogP contribution is -2.22. The van der Waals surface area contributed by atoms with Crippen LogP contribution in [0.25, 0.3) is 0 Å². The van der Waals surface area contributed by atoms with Crippen LogP contribution in [-0.4, -0.2) is 5.11 Å². The molecule has 0 radical (unpaired) electrons. The summed E-state index contributed by atoms with van der Waals surface area (Å²) >= 11 is 0. The molecular weight excluding hydrogens is 164 g/mol. The van der Waals surface area contributed by atoms with Gasteiger partial charge in [0.05, 0.1) is 6.26 Å². The lowest BCUT2D eigenvalue weighted by molar-refractivity contribution is 0.100. The molecule has 2 rings (SSSR count). The van der Waals surface area contributed by atoms with E-state index in [1.807, 2.05) is 25.1 Å². The topological polar surface area (TPSA) is 29.5 Å². The first-order valence-electron chi connectivity index (χ1n) is 4.27. The van der Waals surface area contributed by atoms with Crippen LogP contribution in [0, 0.1) is 6.92 Å². The minimum Gasteiger partial charge on any atom is -0.465 e. The number of aryl methyl sites for hydroxylation is 1. The molecule has 13 heavy (non-hydrogen) atoms. The Hall–Kier alpha value is -1.28.